The van der Waals surface area contributed by atoms with Gasteiger partial charge >= 0.3 is 0 Å². The minimum absolute atomic E-state index is 0.0395. The van der Waals surface area contributed by atoms with E-state index in [-0.39, 0.29) is 6.04 Å². The molecule has 23 heavy (non-hydrogen) atoms. The summed E-state index contributed by atoms with van der Waals surface area (Å²) in [7, 11) is 0. The standard InChI is InChI=1S/C18H18N4O/c23-11-16-8-15(13-4-2-1-3-5-13)10-22(16)9-14-6-7-19-18-17(14)20-12-21-18/h1-7,11-12,15-16H,8-10H2,(H,19,20,21). The summed E-state index contributed by atoms with van der Waals surface area (Å²) in [6.45, 7) is 1.61. The Labute approximate surface area is 134 Å². The number of hydrogen-bond donors (Lipinski definition) is 1. The molecule has 2 aromatic heterocycles. The largest absolute Gasteiger partial charge is 0.329 e. The monoisotopic (exact) mass is 306 g/mol. The van der Waals surface area contributed by atoms with Gasteiger partial charge in [-0.05, 0) is 29.5 Å². The number of likely N-dealkylation sites (tertiary alicyclic amines) is 1. The van der Waals surface area contributed by atoms with E-state index in [4.69, 9.17) is 0 Å². The van der Waals surface area contributed by atoms with Crippen LogP contribution in [0.5, 0.6) is 0 Å². The Kier molecular flexibility index (Phi) is 3.63. The van der Waals surface area contributed by atoms with Gasteiger partial charge in [0.1, 0.15) is 11.8 Å². The van der Waals surface area contributed by atoms with E-state index < -0.39 is 0 Å². The molecule has 0 saturated carbocycles. The molecule has 0 spiro atoms. The molecule has 1 aliphatic heterocycles. The molecule has 1 N–H and O–H groups in total. The number of fused-ring (bicyclic) bond motifs is 1. The van der Waals surface area contributed by atoms with E-state index in [2.05, 4.69) is 44.1 Å². The van der Waals surface area contributed by atoms with Crippen LogP contribution in [0.3, 0.4) is 0 Å². The fraction of sp³-hybridized carbons (Fsp3) is 0.278. The minimum Gasteiger partial charge on any atom is -0.329 e. The fourth-order valence-corrected chi connectivity index (χ4v) is 3.47. The quantitative estimate of drug-likeness (QED) is 0.752. The number of carbonyl (C=O) groups is 1. The first-order valence-electron chi connectivity index (χ1n) is 7.86. The van der Waals surface area contributed by atoms with Crippen LogP contribution >= 0.6 is 0 Å². The Hall–Kier alpha value is -2.53. The van der Waals surface area contributed by atoms with Crippen molar-refractivity contribution in [2.45, 2.75) is 24.9 Å². The second-order valence-corrected chi connectivity index (χ2v) is 6.05. The number of nitrogens with zero attached hydrogens (tertiary/aromatic N) is 3. The summed E-state index contributed by atoms with van der Waals surface area (Å²) in [4.78, 5) is 25.4. The number of imidazole rings is 1. The molecule has 5 nitrogen and oxygen atoms in total. The highest BCUT2D eigenvalue weighted by molar-refractivity contribution is 5.73. The first-order valence-corrected chi connectivity index (χ1v) is 7.86. The third-order valence-corrected chi connectivity index (χ3v) is 4.65. The lowest BCUT2D eigenvalue weighted by molar-refractivity contribution is -0.111. The van der Waals surface area contributed by atoms with Crippen LogP contribution in [0.25, 0.3) is 11.2 Å². The van der Waals surface area contributed by atoms with Gasteiger partial charge in [0.15, 0.2) is 5.65 Å². The molecule has 4 rings (SSSR count). The Bertz CT molecular complexity index is 814. The number of pyridine rings is 1. The Balaban J connectivity index is 1.58. The first-order chi connectivity index (χ1) is 11.3. The molecule has 5 heteroatoms. The predicted octanol–water partition coefficient (Wildman–Crippen LogP) is 2.51. The fourth-order valence-electron chi connectivity index (χ4n) is 3.47. The lowest BCUT2D eigenvalue weighted by Gasteiger charge is -2.20. The summed E-state index contributed by atoms with van der Waals surface area (Å²) in [6.07, 6.45) is 5.40. The topological polar surface area (TPSA) is 61.9 Å². The lowest BCUT2D eigenvalue weighted by Crippen LogP contribution is -2.30. The Morgan fingerprint density at radius 3 is 2.91 bits per heavy atom. The molecule has 2 unspecified atom stereocenters. The number of hydrogen-bond acceptors (Lipinski definition) is 4. The number of H-pyrrole nitrogens is 1. The average molecular weight is 306 g/mol. The maximum absolute atomic E-state index is 11.5. The zero-order valence-electron chi connectivity index (χ0n) is 12.7. The molecule has 0 amide bonds. The van der Waals surface area contributed by atoms with Crippen molar-refractivity contribution >= 4 is 17.5 Å². The van der Waals surface area contributed by atoms with Crippen LogP contribution in [0, 0.1) is 0 Å². The average Bonchev–Trinajstić information content (AvgIpc) is 3.23. The summed E-state index contributed by atoms with van der Waals surface area (Å²) < 4.78 is 0. The van der Waals surface area contributed by atoms with Gasteiger partial charge in [-0.15, -0.1) is 0 Å². The van der Waals surface area contributed by atoms with E-state index in [1.165, 1.54) is 5.56 Å². The van der Waals surface area contributed by atoms with E-state index in [9.17, 15) is 4.79 Å². The molecule has 116 valence electrons. The van der Waals surface area contributed by atoms with Gasteiger partial charge in [0, 0.05) is 19.3 Å². The molecule has 0 bridgehead atoms. The van der Waals surface area contributed by atoms with Gasteiger partial charge in [0.25, 0.3) is 0 Å². The molecule has 0 radical (unpaired) electrons. The second-order valence-electron chi connectivity index (χ2n) is 6.05. The van der Waals surface area contributed by atoms with Gasteiger partial charge in [-0.25, -0.2) is 9.97 Å². The summed E-state index contributed by atoms with van der Waals surface area (Å²) in [5.41, 5.74) is 4.10. The maximum atomic E-state index is 11.5. The SMILES string of the molecule is O=CC1CC(c2ccccc2)CN1Cc1ccnc2[nH]cnc12. The zero-order chi connectivity index (χ0) is 15.6. The van der Waals surface area contributed by atoms with Crippen LogP contribution in [-0.4, -0.2) is 38.7 Å². The molecule has 1 fully saturated rings. The number of benzene rings is 1. The maximum Gasteiger partial charge on any atom is 0.157 e. The molecular formula is C18H18N4O. The number of carbonyl (C=O) groups excluding carboxylic acids is 1. The van der Waals surface area contributed by atoms with E-state index in [0.29, 0.717) is 5.92 Å². The van der Waals surface area contributed by atoms with E-state index >= 15 is 0 Å². The summed E-state index contributed by atoms with van der Waals surface area (Å²) in [6, 6.07) is 12.4. The Morgan fingerprint density at radius 2 is 2.09 bits per heavy atom. The van der Waals surface area contributed by atoms with Crippen LogP contribution in [0.1, 0.15) is 23.5 Å². The number of aldehydes is 1. The van der Waals surface area contributed by atoms with Crippen LogP contribution in [0.2, 0.25) is 0 Å². The van der Waals surface area contributed by atoms with Gasteiger partial charge in [-0.1, -0.05) is 30.3 Å². The van der Waals surface area contributed by atoms with Crippen molar-refractivity contribution in [3.63, 3.8) is 0 Å². The van der Waals surface area contributed by atoms with Crippen molar-refractivity contribution in [2.24, 2.45) is 0 Å². The number of rotatable bonds is 4. The molecule has 1 aromatic carbocycles. The third kappa shape index (κ3) is 2.64. The van der Waals surface area contributed by atoms with Crippen molar-refractivity contribution in [1.29, 1.82) is 0 Å². The summed E-state index contributed by atoms with van der Waals surface area (Å²) >= 11 is 0. The van der Waals surface area contributed by atoms with Crippen LogP contribution < -0.4 is 0 Å². The van der Waals surface area contributed by atoms with Crippen LogP contribution in [0.15, 0.2) is 48.9 Å². The van der Waals surface area contributed by atoms with Crippen LogP contribution in [0.4, 0.5) is 0 Å². The molecular weight excluding hydrogens is 288 g/mol. The van der Waals surface area contributed by atoms with Crippen LogP contribution in [-0.2, 0) is 11.3 Å². The van der Waals surface area contributed by atoms with Gasteiger partial charge in [0.05, 0.1) is 12.4 Å². The van der Waals surface area contributed by atoms with Gasteiger partial charge in [-0.2, -0.15) is 0 Å². The zero-order valence-corrected chi connectivity index (χ0v) is 12.7. The molecule has 1 saturated heterocycles. The summed E-state index contributed by atoms with van der Waals surface area (Å²) in [5, 5.41) is 0. The van der Waals surface area contributed by atoms with Gasteiger partial charge in [0.2, 0.25) is 0 Å². The highest BCUT2D eigenvalue weighted by Gasteiger charge is 2.32. The van der Waals surface area contributed by atoms with E-state index in [1.54, 1.807) is 12.5 Å². The number of aromatic nitrogens is 3. The van der Waals surface area contributed by atoms with Crippen molar-refractivity contribution in [3.05, 3.63) is 60.0 Å². The highest BCUT2D eigenvalue weighted by Crippen LogP contribution is 2.32. The first kappa shape index (κ1) is 14.1. The Morgan fingerprint density at radius 1 is 1.22 bits per heavy atom. The van der Waals surface area contributed by atoms with Crippen molar-refractivity contribution in [2.75, 3.05) is 6.54 Å². The van der Waals surface area contributed by atoms with Crippen molar-refractivity contribution in [1.82, 2.24) is 19.9 Å². The van der Waals surface area contributed by atoms with Crippen molar-refractivity contribution < 1.29 is 4.79 Å². The normalized spacial score (nSPS) is 21.7. The van der Waals surface area contributed by atoms with E-state index in [0.717, 1.165) is 42.5 Å². The van der Waals surface area contributed by atoms with Crippen molar-refractivity contribution in [3.8, 4) is 0 Å². The molecule has 3 heterocycles. The number of nitrogens with one attached hydrogen (secondary N) is 1. The smallest absolute Gasteiger partial charge is 0.157 e. The second kappa shape index (κ2) is 5.93. The van der Waals surface area contributed by atoms with Gasteiger partial charge in [-0.3, -0.25) is 4.90 Å². The lowest BCUT2D eigenvalue weighted by atomic mass is 9.97. The number of aromatic amines is 1. The van der Waals surface area contributed by atoms with E-state index in [1.807, 2.05) is 12.1 Å². The molecule has 0 aliphatic carbocycles. The summed E-state index contributed by atoms with van der Waals surface area (Å²) in [5.74, 6) is 0.405. The minimum atomic E-state index is -0.0395. The predicted molar refractivity (Wildman–Crippen MR) is 88.0 cm³/mol. The molecule has 3 aromatic rings. The highest BCUT2D eigenvalue weighted by atomic mass is 16.1. The molecule has 1 aliphatic rings. The van der Waals surface area contributed by atoms with Gasteiger partial charge < -0.3 is 9.78 Å². The molecule has 2 atom stereocenters. The third-order valence-electron chi connectivity index (χ3n) is 4.65.